The van der Waals surface area contributed by atoms with Gasteiger partial charge in [-0.25, -0.2) is 0 Å². The second-order valence-corrected chi connectivity index (χ2v) is 10.5. The molecule has 2 atom stereocenters. The highest BCUT2D eigenvalue weighted by atomic mass is 15.4. The Labute approximate surface area is 191 Å². The Bertz CT molecular complexity index is 768. The van der Waals surface area contributed by atoms with Crippen molar-refractivity contribution in [3.8, 4) is 0 Å². The molecule has 0 aromatic heterocycles. The van der Waals surface area contributed by atoms with Gasteiger partial charge in [0, 0.05) is 23.5 Å². The Morgan fingerprint density at radius 1 is 0.548 bits per heavy atom. The number of benzene rings is 2. The van der Waals surface area contributed by atoms with Crippen LogP contribution < -0.4 is 9.80 Å². The van der Waals surface area contributed by atoms with E-state index in [0.717, 1.165) is 0 Å². The van der Waals surface area contributed by atoms with Gasteiger partial charge in [-0.15, -0.1) is 0 Å². The number of hydrogen-bond donors (Lipinski definition) is 0. The monoisotopic (exact) mass is 418 g/mol. The highest BCUT2D eigenvalue weighted by Gasteiger charge is 2.40. The summed E-state index contributed by atoms with van der Waals surface area (Å²) in [6.45, 7) is 27.0. The van der Waals surface area contributed by atoms with Gasteiger partial charge in [0.05, 0.1) is 0 Å². The van der Waals surface area contributed by atoms with Crippen LogP contribution in [-0.4, -0.2) is 12.1 Å². The lowest BCUT2D eigenvalue weighted by Gasteiger charge is -2.30. The fourth-order valence-electron chi connectivity index (χ4n) is 4.82. The van der Waals surface area contributed by atoms with Crippen LogP contribution in [0.1, 0.15) is 115 Å². The van der Waals surface area contributed by atoms with Crippen LogP contribution in [0.15, 0.2) is 36.4 Å². The molecule has 1 aliphatic heterocycles. The van der Waals surface area contributed by atoms with Gasteiger partial charge < -0.3 is 9.80 Å². The highest BCUT2D eigenvalue weighted by molar-refractivity contribution is 5.71. The Morgan fingerprint density at radius 3 is 1.03 bits per heavy atom. The van der Waals surface area contributed by atoms with Gasteiger partial charge in [-0.1, -0.05) is 91.8 Å². The molecule has 2 nitrogen and oxygen atoms in total. The Hall–Kier alpha value is -1.96. The number of anilines is 2. The van der Waals surface area contributed by atoms with Crippen LogP contribution in [0.2, 0.25) is 0 Å². The predicted octanol–water partition coefficient (Wildman–Crippen LogP) is 8.28. The van der Waals surface area contributed by atoms with Gasteiger partial charge in [-0.05, 0) is 59.8 Å². The van der Waals surface area contributed by atoms with E-state index in [1.807, 2.05) is 0 Å². The maximum atomic E-state index is 3.87. The summed E-state index contributed by atoms with van der Waals surface area (Å²) in [5.41, 5.74) is 8.40. The summed E-state index contributed by atoms with van der Waals surface area (Å²) in [6, 6.07) is 14.3. The molecule has 0 N–H and O–H groups in total. The van der Waals surface area contributed by atoms with E-state index < -0.39 is 0 Å². The lowest BCUT2D eigenvalue weighted by molar-refractivity contribution is 0.636. The molecule has 3 rings (SSSR count). The first-order valence-corrected chi connectivity index (χ1v) is 12.2. The largest absolute Gasteiger partial charge is 0.336 e. The predicted molar refractivity (Wildman–Crippen MR) is 136 cm³/mol. The molecule has 2 aromatic carbocycles. The topological polar surface area (TPSA) is 6.48 Å². The average molecular weight is 419 g/mol. The van der Waals surface area contributed by atoms with E-state index in [-0.39, 0.29) is 0 Å². The minimum atomic E-state index is 0.345. The van der Waals surface area contributed by atoms with E-state index in [9.17, 15) is 0 Å². The molecule has 2 aromatic rings. The van der Waals surface area contributed by atoms with Gasteiger partial charge in [-0.2, -0.15) is 0 Å². The van der Waals surface area contributed by atoms with Crippen molar-refractivity contribution in [2.75, 3.05) is 9.80 Å². The summed E-state index contributed by atoms with van der Waals surface area (Å²) in [4.78, 5) is 4.88. The summed E-state index contributed by atoms with van der Waals surface area (Å²) in [7, 11) is 0. The molecule has 168 valence electrons. The molecule has 2 unspecified atom stereocenters. The third-order valence-electron chi connectivity index (χ3n) is 6.89. The van der Waals surface area contributed by atoms with Crippen molar-refractivity contribution in [2.45, 2.75) is 105 Å². The molecule has 1 saturated heterocycles. The molecular weight excluding hydrogens is 376 g/mol. The van der Waals surface area contributed by atoms with Crippen molar-refractivity contribution < 1.29 is 0 Å². The molecule has 1 fully saturated rings. The van der Waals surface area contributed by atoms with E-state index in [2.05, 4.69) is 122 Å². The SMILES string of the molecule is CC(C)c1cccc(C(C)C)c1N1[C]N(c2c(C(C)C)cccc2C(C)C)C(C)C1C. The lowest BCUT2D eigenvalue weighted by Crippen LogP contribution is -2.34. The van der Waals surface area contributed by atoms with E-state index in [4.69, 9.17) is 0 Å². The van der Waals surface area contributed by atoms with Crippen molar-refractivity contribution in [1.82, 2.24) is 0 Å². The number of para-hydroxylation sites is 2. The molecule has 0 saturated carbocycles. The van der Waals surface area contributed by atoms with Crippen LogP contribution in [-0.2, 0) is 0 Å². The van der Waals surface area contributed by atoms with E-state index in [1.165, 1.54) is 33.6 Å². The summed E-state index contributed by atoms with van der Waals surface area (Å²) in [5, 5.41) is 0. The summed E-state index contributed by atoms with van der Waals surface area (Å²) < 4.78 is 0. The number of hydrogen-bond acceptors (Lipinski definition) is 2. The standard InChI is InChI=1S/C29H42N2/c1-18(2)24-13-11-14-25(19(3)4)28(24)30-17-31(23(10)22(30)9)29-26(20(5)6)15-12-16-27(29)21(7)8/h11-16,18-23H,1-10H3. The van der Waals surface area contributed by atoms with Crippen LogP contribution in [0, 0.1) is 6.67 Å². The van der Waals surface area contributed by atoms with Crippen molar-refractivity contribution in [3.05, 3.63) is 65.3 Å². The first kappa shape index (κ1) is 23.7. The molecule has 0 spiro atoms. The zero-order valence-corrected chi connectivity index (χ0v) is 21.3. The van der Waals surface area contributed by atoms with Crippen LogP contribution in [0.5, 0.6) is 0 Å². The van der Waals surface area contributed by atoms with Crippen molar-refractivity contribution >= 4 is 11.4 Å². The molecule has 2 radical (unpaired) electrons. The van der Waals surface area contributed by atoms with Gasteiger partial charge >= 0.3 is 0 Å². The molecule has 0 bridgehead atoms. The van der Waals surface area contributed by atoms with Crippen LogP contribution in [0.25, 0.3) is 0 Å². The zero-order valence-electron chi connectivity index (χ0n) is 21.3. The fraction of sp³-hybridized carbons (Fsp3) is 0.552. The first-order valence-electron chi connectivity index (χ1n) is 12.2. The van der Waals surface area contributed by atoms with Gasteiger partial charge in [0.25, 0.3) is 0 Å². The molecular formula is C29H42N2. The van der Waals surface area contributed by atoms with E-state index in [1.54, 1.807) is 0 Å². The summed E-state index contributed by atoms with van der Waals surface area (Å²) >= 11 is 0. The van der Waals surface area contributed by atoms with Crippen molar-refractivity contribution in [2.24, 2.45) is 0 Å². The number of nitrogens with zero attached hydrogens (tertiary/aromatic N) is 2. The minimum Gasteiger partial charge on any atom is -0.336 e. The molecule has 0 amide bonds. The summed E-state index contributed by atoms with van der Waals surface area (Å²) in [6.07, 6.45) is 0. The molecule has 2 heteroatoms. The second-order valence-electron chi connectivity index (χ2n) is 10.5. The highest BCUT2D eigenvalue weighted by Crippen LogP contribution is 2.45. The molecule has 0 aliphatic carbocycles. The smallest absolute Gasteiger partial charge is 0.209 e. The van der Waals surface area contributed by atoms with E-state index in [0.29, 0.717) is 35.8 Å². The number of rotatable bonds is 6. The zero-order chi connectivity index (χ0) is 23.0. The van der Waals surface area contributed by atoms with Crippen LogP contribution in [0.3, 0.4) is 0 Å². The lowest BCUT2D eigenvalue weighted by atomic mass is 9.91. The fourth-order valence-corrected chi connectivity index (χ4v) is 4.82. The average Bonchev–Trinajstić information content (AvgIpc) is 3.00. The third kappa shape index (κ3) is 4.36. The van der Waals surface area contributed by atoms with Gasteiger partial charge in [-0.3, -0.25) is 0 Å². The Balaban J connectivity index is 2.16. The van der Waals surface area contributed by atoms with Crippen LogP contribution in [0.4, 0.5) is 11.4 Å². The minimum absolute atomic E-state index is 0.345. The van der Waals surface area contributed by atoms with Gasteiger partial charge in [0.2, 0.25) is 6.67 Å². The maximum absolute atomic E-state index is 3.87. The molecule has 31 heavy (non-hydrogen) atoms. The van der Waals surface area contributed by atoms with Crippen molar-refractivity contribution in [1.29, 1.82) is 0 Å². The van der Waals surface area contributed by atoms with Gasteiger partial charge in [0.1, 0.15) is 0 Å². The molecule has 1 heterocycles. The third-order valence-corrected chi connectivity index (χ3v) is 6.89. The summed E-state index contributed by atoms with van der Waals surface area (Å²) in [5.74, 6) is 1.89. The normalized spacial score (nSPS) is 19.5. The van der Waals surface area contributed by atoms with Crippen LogP contribution >= 0.6 is 0 Å². The maximum Gasteiger partial charge on any atom is 0.209 e. The quantitative estimate of drug-likeness (QED) is 0.465. The van der Waals surface area contributed by atoms with E-state index >= 15 is 0 Å². The Kier molecular flexibility index (Phi) is 7.08. The second kappa shape index (κ2) is 9.27. The Morgan fingerprint density at radius 2 is 0.806 bits per heavy atom. The van der Waals surface area contributed by atoms with Crippen molar-refractivity contribution in [3.63, 3.8) is 0 Å². The molecule has 1 aliphatic rings. The van der Waals surface area contributed by atoms with Gasteiger partial charge in [0.15, 0.2) is 0 Å². The first-order chi connectivity index (χ1) is 14.6.